The van der Waals surface area contributed by atoms with Crippen LogP contribution in [-0.2, 0) is 0 Å². The minimum Gasteiger partial charge on any atom is -0.398 e. The van der Waals surface area contributed by atoms with Crippen LogP contribution >= 0.6 is 11.8 Å². The smallest absolute Gasteiger partial charge is 0.0953 e. The molecule has 0 amide bonds. The Kier molecular flexibility index (Phi) is 3.96. The molecule has 2 N–H and O–H groups in total. The number of hydrogen-bond donors (Lipinski definition) is 1. The summed E-state index contributed by atoms with van der Waals surface area (Å²) in [6, 6.07) is 2.37. The molecule has 4 nitrogen and oxygen atoms in total. The number of imidazole rings is 1. The van der Waals surface area contributed by atoms with Crippen LogP contribution in [0.4, 0.5) is 5.69 Å². The summed E-state index contributed by atoms with van der Waals surface area (Å²) in [7, 11) is 0. The van der Waals surface area contributed by atoms with E-state index in [1.807, 2.05) is 36.5 Å². The Bertz CT molecular complexity index is 581. The van der Waals surface area contributed by atoms with E-state index in [-0.39, 0.29) is 0 Å². The largest absolute Gasteiger partial charge is 0.398 e. The number of thioether (sulfide) groups is 1. The fourth-order valence-corrected chi connectivity index (χ4v) is 3.83. The molecule has 2 aromatic heterocycles. The Morgan fingerprint density at radius 1 is 1.30 bits per heavy atom. The van der Waals surface area contributed by atoms with Gasteiger partial charge < -0.3 is 10.3 Å². The number of pyridine rings is 1. The Morgan fingerprint density at radius 2 is 2.20 bits per heavy atom. The van der Waals surface area contributed by atoms with Crippen molar-refractivity contribution in [3.8, 4) is 11.3 Å². The third-order valence-electron chi connectivity index (χ3n) is 4.12. The van der Waals surface area contributed by atoms with Crippen molar-refractivity contribution >= 4 is 17.4 Å². The number of aromatic nitrogens is 3. The van der Waals surface area contributed by atoms with Gasteiger partial charge in [0, 0.05) is 34.9 Å². The Balaban J connectivity index is 1.92. The molecule has 1 fully saturated rings. The number of anilines is 1. The highest BCUT2D eigenvalue weighted by atomic mass is 32.2. The third kappa shape index (κ3) is 2.54. The summed E-state index contributed by atoms with van der Waals surface area (Å²) < 4.78 is 2.29. The van der Waals surface area contributed by atoms with Gasteiger partial charge in [-0.2, -0.15) is 11.8 Å². The Hall–Kier alpha value is -1.49. The van der Waals surface area contributed by atoms with E-state index in [9.17, 15) is 0 Å². The normalized spacial score (nSPS) is 22.9. The molecular weight excluding hydrogens is 268 g/mol. The second kappa shape index (κ2) is 5.87. The summed E-state index contributed by atoms with van der Waals surface area (Å²) in [5.74, 6) is 0. The van der Waals surface area contributed by atoms with Crippen molar-refractivity contribution in [1.29, 1.82) is 0 Å². The molecule has 1 aliphatic rings. The van der Waals surface area contributed by atoms with Crippen molar-refractivity contribution in [2.24, 2.45) is 0 Å². The topological polar surface area (TPSA) is 56.7 Å². The summed E-state index contributed by atoms with van der Waals surface area (Å²) in [6.45, 7) is 0. The van der Waals surface area contributed by atoms with Crippen LogP contribution in [0.25, 0.3) is 11.3 Å². The zero-order valence-corrected chi connectivity index (χ0v) is 12.5. The second-order valence-electron chi connectivity index (χ2n) is 5.33. The van der Waals surface area contributed by atoms with Crippen molar-refractivity contribution in [3.63, 3.8) is 0 Å². The van der Waals surface area contributed by atoms with Gasteiger partial charge in [-0.05, 0) is 31.6 Å². The summed E-state index contributed by atoms with van der Waals surface area (Å²) in [4.78, 5) is 8.53. The van der Waals surface area contributed by atoms with Gasteiger partial charge in [-0.1, -0.05) is 6.42 Å². The molecule has 2 heterocycles. The predicted molar refractivity (Wildman–Crippen MR) is 84.7 cm³/mol. The molecule has 2 atom stereocenters. The van der Waals surface area contributed by atoms with Crippen LogP contribution in [-0.4, -0.2) is 26.0 Å². The first-order valence-corrected chi connectivity index (χ1v) is 8.33. The molecule has 0 aromatic carbocycles. The van der Waals surface area contributed by atoms with E-state index in [0.29, 0.717) is 6.04 Å². The van der Waals surface area contributed by atoms with Crippen LogP contribution in [0.2, 0.25) is 0 Å². The van der Waals surface area contributed by atoms with E-state index in [1.54, 1.807) is 6.20 Å². The van der Waals surface area contributed by atoms with Crippen molar-refractivity contribution in [2.75, 3.05) is 12.0 Å². The first kappa shape index (κ1) is 13.5. The van der Waals surface area contributed by atoms with Crippen molar-refractivity contribution in [3.05, 3.63) is 31.0 Å². The molecule has 2 aromatic rings. The van der Waals surface area contributed by atoms with Crippen LogP contribution in [0.5, 0.6) is 0 Å². The monoisotopic (exact) mass is 288 g/mol. The summed E-state index contributed by atoms with van der Waals surface area (Å²) >= 11 is 1.98. The van der Waals surface area contributed by atoms with Gasteiger partial charge in [-0.15, -0.1) is 0 Å². The summed E-state index contributed by atoms with van der Waals surface area (Å²) in [5.41, 5.74) is 8.91. The lowest BCUT2D eigenvalue weighted by Gasteiger charge is -2.30. The molecular formula is C15H20N4S. The molecule has 1 saturated carbocycles. The second-order valence-corrected chi connectivity index (χ2v) is 6.47. The highest BCUT2D eigenvalue weighted by Gasteiger charge is 2.24. The van der Waals surface area contributed by atoms with E-state index >= 15 is 0 Å². The molecule has 3 rings (SSSR count). The van der Waals surface area contributed by atoms with Gasteiger partial charge in [0.2, 0.25) is 0 Å². The maximum atomic E-state index is 6.08. The van der Waals surface area contributed by atoms with E-state index in [4.69, 9.17) is 5.73 Å². The van der Waals surface area contributed by atoms with Crippen LogP contribution < -0.4 is 5.73 Å². The van der Waals surface area contributed by atoms with Crippen LogP contribution in [0.3, 0.4) is 0 Å². The molecule has 0 spiro atoms. The molecule has 0 saturated heterocycles. The number of hydrogen-bond acceptors (Lipinski definition) is 4. The van der Waals surface area contributed by atoms with Gasteiger partial charge >= 0.3 is 0 Å². The van der Waals surface area contributed by atoms with E-state index < -0.39 is 0 Å². The quantitative estimate of drug-likeness (QED) is 0.940. The van der Waals surface area contributed by atoms with Gasteiger partial charge in [-0.25, -0.2) is 4.98 Å². The lowest BCUT2D eigenvalue weighted by Crippen LogP contribution is -2.20. The molecule has 106 valence electrons. The first-order chi connectivity index (χ1) is 9.79. The minimum atomic E-state index is 0.526. The van der Waals surface area contributed by atoms with Gasteiger partial charge in [0.1, 0.15) is 0 Å². The highest BCUT2D eigenvalue weighted by molar-refractivity contribution is 7.99. The van der Waals surface area contributed by atoms with Crippen LogP contribution in [0.1, 0.15) is 31.7 Å². The van der Waals surface area contributed by atoms with E-state index in [0.717, 1.165) is 22.2 Å². The fraction of sp³-hybridized carbons (Fsp3) is 0.467. The SMILES string of the molecule is CSC1CCCC(n2cncc2-c2cnccc2N)C1. The Morgan fingerprint density at radius 3 is 3.00 bits per heavy atom. The average molecular weight is 288 g/mol. The lowest BCUT2D eigenvalue weighted by molar-refractivity contribution is 0.363. The van der Waals surface area contributed by atoms with E-state index in [2.05, 4.69) is 20.8 Å². The standard InChI is InChI=1S/C15H20N4S/c1-20-12-4-2-3-11(7-12)19-10-18-9-15(19)13-8-17-6-5-14(13)16/h5-6,8-12H,2-4,7H2,1H3,(H2,16,17). The third-order valence-corrected chi connectivity index (χ3v) is 5.22. The maximum absolute atomic E-state index is 6.08. The fourth-order valence-electron chi connectivity index (χ4n) is 3.01. The maximum Gasteiger partial charge on any atom is 0.0953 e. The van der Waals surface area contributed by atoms with Crippen LogP contribution in [0, 0.1) is 0 Å². The molecule has 5 heteroatoms. The van der Waals surface area contributed by atoms with Gasteiger partial charge in [0.25, 0.3) is 0 Å². The molecule has 20 heavy (non-hydrogen) atoms. The molecule has 1 aliphatic carbocycles. The molecule has 2 unspecified atom stereocenters. The minimum absolute atomic E-state index is 0.526. The molecule has 0 bridgehead atoms. The number of nitrogen functional groups attached to an aromatic ring is 1. The zero-order chi connectivity index (χ0) is 13.9. The van der Waals surface area contributed by atoms with Gasteiger partial charge in [0.05, 0.1) is 18.2 Å². The average Bonchev–Trinajstić information content (AvgIpc) is 2.97. The number of nitrogens with zero attached hydrogens (tertiary/aromatic N) is 3. The lowest BCUT2D eigenvalue weighted by atomic mass is 9.94. The van der Waals surface area contributed by atoms with E-state index in [1.165, 1.54) is 25.7 Å². The van der Waals surface area contributed by atoms with Gasteiger partial charge in [-0.3, -0.25) is 4.98 Å². The van der Waals surface area contributed by atoms with Crippen LogP contribution in [0.15, 0.2) is 31.0 Å². The number of rotatable bonds is 3. The highest BCUT2D eigenvalue weighted by Crippen LogP contribution is 2.37. The van der Waals surface area contributed by atoms with Crippen molar-refractivity contribution < 1.29 is 0 Å². The summed E-state index contributed by atoms with van der Waals surface area (Å²) in [6.07, 6.45) is 14.7. The summed E-state index contributed by atoms with van der Waals surface area (Å²) in [5, 5.41) is 0.759. The number of nitrogens with two attached hydrogens (primary N) is 1. The van der Waals surface area contributed by atoms with Crippen molar-refractivity contribution in [2.45, 2.75) is 37.0 Å². The Labute approximate surface area is 123 Å². The molecule has 0 radical (unpaired) electrons. The van der Waals surface area contributed by atoms with Crippen molar-refractivity contribution in [1.82, 2.24) is 14.5 Å². The van der Waals surface area contributed by atoms with Gasteiger partial charge in [0.15, 0.2) is 0 Å². The first-order valence-electron chi connectivity index (χ1n) is 7.04. The predicted octanol–water partition coefficient (Wildman–Crippen LogP) is 3.37. The molecule has 0 aliphatic heterocycles. The zero-order valence-electron chi connectivity index (χ0n) is 11.7.